The normalized spacial score (nSPS) is 19.8. The largest absolute Gasteiger partial charge is 0.381 e. The van der Waals surface area contributed by atoms with Crippen LogP contribution in [0.1, 0.15) is 18.4 Å². The van der Waals surface area contributed by atoms with Crippen molar-refractivity contribution in [3.05, 3.63) is 60.3 Å². The van der Waals surface area contributed by atoms with Crippen LogP contribution in [-0.4, -0.2) is 68.8 Å². The highest BCUT2D eigenvalue weighted by atomic mass is 16.5. The zero-order chi connectivity index (χ0) is 19.9. The van der Waals surface area contributed by atoms with E-state index < -0.39 is 0 Å². The van der Waals surface area contributed by atoms with Crippen LogP contribution in [0.25, 0.3) is 0 Å². The summed E-state index contributed by atoms with van der Waals surface area (Å²) in [4.78, 5) is 13.8. The standard InChI is InChI=1S/C23H31N5O/c1-24-22(28-15-13-27(14-16-28)21-9-5-6-12-25-21)26-19-23(10-17-29-18-11-23)20-7-3-2-4-8-20/h2-9,12H,10-11,13-19H2,1H3,(H,24,26). The van der Waals surface area contributed by atoms with Crippen LogP contribution in [0.4, 0.5) is 5.82 Å². The monoisotopic (exact) mass is 393 g/mol. The molecule has 154 valence electrons. The van der Waals surface area contributed by atoms with E-state index in [4.69, 9.17) is 4.74 Å². The lowest BCUT2D eigenvalue weighted by atomic mass is 9.74. The predicted molar refractivity (Wildman–Crippen MR) is 118 cm³/mol. The molecule has 0 atom stereocenters. The number of aliphatic imine (C=N–C) groups is 1. The van der Waals surface area contributed by atoms with E-state index >= 15 is 0 Å². The van der Waals surface area contributed by atoms with Crippen LogP contribution >= 0.6 is 0 Å². The summed E-state index contributed by atoms with van der Waals surface area (Å²) in [6.45, 7) is 6.31. The van der Waals surface area contributed by atoms with Gasteiger partial charge in [0.1, 0.15) is 5.82 Å². The number of hydrogen-bond donors (Lipinski definition) is 1. The van der Waals surface area contributed by atoms with Crippen LogP contribution in [0.5, 0.6) is 0 Å². The Kier molecular flexibility index (Phi) is 6.30. The average molecular weight is 394 g/mol. The minimum atomic E-state index is 0.102. The van der Waals surface area contributed by atoms with Gasteiger partial charge in [-0.1, -0.05) is 36.4 Å². The number of anilines is 1. The summed E-state index contributed by atoms with van der Waals surface area (Å²) in [5.41, 5.74) is 1.50. The van der Waals surface area contributed by atoms with E-state index in [1.807, 2.05) is 25.4 Å². The van der Waals surface area contributed by atoms with Gasteiger partial charge in [0.05, 0.1) is 0 Å². The van der Waals surface area contributed by atoms with Crippen LogP contribution in [0.3, 0.4) is 0 Å². The molecule has 1 aromatic carbocycles. The van der Waals surface area contributed by atoms with Gasteiger partial charge in [-0.25, -0.2) is 4.98 Å². The fourth-order valence-electron chi connectivity index (χ4n) is 4.39. The van der Waals surface area contributed by atoms with Crippen LogP contribution in [0.2, 0.25) is 0 Å². The minimum absolute atomic E-state index is 0.102. The van der Waals surface area contributed by atoms with E-state index in [-0.39, 0.29) is 5.41 Å². The van der Waals surface area contributed by atoms with E-state index in [9.17, 15) is 0 Å². The van der Waals surface area contributed by atoms with Crippen LogP contribution < -0.4 is 10.2 Å². The molecule has 0 unspecified atom stereocenters. The highest BCUT2D eigenvalue weighted by molar-refractivity contribution is 5.80. The van der Waals surface area contributed by atoms with Crippen LogP contribution in [-0.2, 0) is 10.2 Å². The number of guanidine groups is 1. The molecule has 1 aromatic heterocycles. The molecule has 0 spiro atoms. The molecule has 2 aliphatic heterocycles. The zero-order valence-electron chi connectivity index (χ0n) is 17.3. The van der Waals surface area contributed by atoms with Gasteiger partial charge in [0.25, 0.3) is 0 Å². The Morgan fingerprint density at radius 2 is 1.76 bits per heavy atom. The van der Waals surface area contributed by atoms with Gasteiger partial charge >= 0.3 is 0 Å². The molecule has 0 radical (unpaired) electrons. The second kappa shape index (κ2) is 9.27. The summed E-state index contributed by atoms with van der Waals surface area (Å²) in [6, 6.07) is 17.0. The van der Waals surface area contributed by atoms with Crippen LogP contribution in [0, 0.1) is 0 Å². The van der Waals surface area contributed by atoms with Crippen molar-refractivity contribution in [1.82, 2.24) is 15.2 Å². The Morgan fingerprint density at radius 1 is 1.03 bits per heavy atom. The molecule has 0 bridgehead atoms. The lowest BCUT2D eigenvalue weighted by molar-refractivity contribution is 0.0511. The third-order valence-electron chi connectivity index (χ3n) is 6.19. The van der Waals surface area contributed by atoms with Crippen molar-refractivity contribution >= 4 is 11.8 Å². The van der Waals surface area contributed by atoms with E-state index in [0.717, 1.165) is 70.6 Å². The smallest absolute Gasteiger partial charge is 0.193 e. The molecule has 2 aliphatic rings. The molecule has 2 fully saturated rings. The highest BCUT2D eigenvalue weighted by Crippen LogP contribution is 2.34. The van der Waals surface area contributed by atoms with Crippen molar-refractivity contribution in [2.45, 2.75) is 18.3 Å². The van der Waals surface area contributed by atoms with Gasteiger partial charge in [0, 0.05) is 64.6 Å². The second-order valence-electron chi connectivity index (χ2n) is 7.82. The number of aromatic nitrogens is 1. The van der Waals surface area contributed by atoms with Crippen molar-refractivity contribution in [2.24, 2.45) is 4.99 Å². The van der Waals surface area contributed by atoms with E-state index in [1.165, 1.54) is 5.56 Å². The average Bonchev–Trinajstić information content (AvgIpc) is 2.82. The topological polar surface area (TPSA) is 53.0 Å². The lowest BCUT2D eigenvalue weighted by Crippen LogP contribution is -2.55. The molecule has 29 heavy (non-hydrogen) atoms. The number of piperazine rings is 1. The number of nitrogens with one attached hydrogen (secondary N) is 1. The Balaban J connectivity index is 1.39. The first-order valence-corrected chi connectivity index (χ1v) is 10.6. The molecule has 0 aliphatic carbocycles. The van der Waals surface area contributed by atoms with Gasteiger partial charge < -0.3 is 19.9 Å². The first kappa shape index (κ1) is 19.7. The summed E-state index contributed by atoms with van der Waals surface area (Å²) in [5, 5.41) is 3.69. The molecule has 2 aromatic rings. The van der Waals surface area contributed by atoms with Gasteiger partial charge in [-0.15, -0.1) is 0 Å². The maximum absolute atomic E-state index is 5.67. The molecule has 1 N–H and O–H groups in total. The Labute approximate surface area is 173 Å². The van der Waals surface area contributed by atoms with Gasteiger partial charge in [0.15, 0.2) is 5.96 Å². The molecule has 0 saturated carbocycles. The number of hydrogen-bond acceptors (Lipinski definition) is 4. The highest BCUT2D eigenvalue weighted by Gasteiger charge is 2.35. The number of ether oxygens (including phenoxy) is 1. The van der Waals surface area contributed by atoms with Crippen molar-refractivity contribution in [3.63, 3.8) is 0 Å². The molecule has 3 heterocycles. The Bertz CT molecular complexity index is 781. The van der Waals surface area contributed by atoms with Crippen molar-refractivity contribution in [1.29, 1.82) is 0 Å². The summed E-state index contributed by atoms with van der Waals surface area (Å²) >= 11 is 0. The summed E-state index contributed by atoms with van der Waals surface area (Å²) in [7, 11) is 1.88. The fraction of sp³-hybridized carbons (Fsp3) is 0.478. The Morgan fingerprint density at radius 3 is 2.41 bits per heavy atom. The SMILES string of the molecule is CN=C(NCC1(c2ccccc2)CCOCC1)N1CCN(c2ccccn2)CC1. The lowest BCUT2D eigenvalue weighted by Gasteiger charge is -2.41. The first-order valence-electron chi connectivity index (χ1n) is 10.6. The quantitative estimate of drug-likeness (QED) is 0.639. The molecule has 2 saturated heterocycles. The molecule has 6 nitrogen and oxygen atoms in total. The van der Waals surface area contributed by atoms with Crippen molar-refractivity contribution < 1.29 is 4.74 Å². The van der Waals surface area contributed by atoms with Gasteiger partial charge in [-0.05, 0) is 30.5 Å². The molecular formula is C23H31N5O. The van der Waals surface area contributed by atoms with Gasteiger partial charge in [-0.2, -0.15) is 0 Å². The van der Waals surface area contributed by atoms with E-state index in [1.54, 1.807) is 0 Å². The second-order valence-corrected chi connectivity index (χ2v) is 7.82. The maximum Gasteiger partial charge on any atom is 0.193 e. The van der Waals surface area contributed by atoms with Crippen LogP contribution in [0.15, 0.2) is 59.7 Å². The third kappa shape index (κ3) is 4.53. The minimum Gasteiger partial charge on any atom is -0.381 e. The third-order valence-corrected chi connectivity index (χ3v) is 6.19. The van der Waals surface area contributed by atoms with Gasteiger partial charge in [0.2, 0.25) is 0 Å². The summed E-state index contributed by atoms with van der Waals surface area (Å²) in [6.07, 6.45) is 3.93. The molecule has 4 rings (SSSR count). The number of pyridine rings is 1. The number of benzene rings is 1. The number of nitrogens with zero attached hydrogens (tertiary/aromatic N) is 4. The predicted octanol–water partition coefficient (Wildman–Crippen LogP) is 2.53. The maximum atomic E-state index is 5.67. The molecule has 6 heteroatoms. The van der Waals surface area contributed by atoms with Crippen molar-refractivity contribution in [2.75, 3.05) is 57.9 Å². The molecular weight excluding hydrogens is 362 g/mol. The fourth-order valence-corrected chi connectivity index (χ4v) is 4.39. The van der Waals surface area contributed by atoms with Crippen molar-refractivity contribution in [3.8, 4) is 0 Å². The first-order chi connectivity index (χ1) is 14.3. The van der Waals surface area contributed by atoms with E-state index in [2.05, 4.69) is 61.5 Å². The zero-order valence-corrected chi connectivity index (χ0v) is 17.3. The number of rotatable bonds is 4. The summed E-state index contributed by atoms with van der Waals surface area (Å²) < 4.78 is 5.67. The van der Waals surface area contributed by atoms with Gasteiger partial charge in [-0.3, -0.25) is 4.99 Å². The molecule has 0 amide bonds. The summed E-state index contributed by atoms with van der Waals surface area (Å²) in [5.74, 6) is 2.05. The Hall–Kier alpha value is -2.60. The van der Waals surface area contributed by atoms with E-state index in [0.29, 0.717) is 0 Å².